The average Bonchev–Trinajstić information content (AvgIpc) is 2.30. The van der Waals surface area contributed by atoms with Crippen LogP contribution in [0, 0.1) is 23.2 Å². The van der Waals surface area contributed by atoms with Gasteiger partial charge in [-0.05, 0) is 38.8 Å². The minimum Gasteiger partial charge on any atom is -0.351 e. The average molecular weight is 251 g/mol. The van der Waals surface area contributed by atoms with Crippen LogP contribution in [0.5, 0.6) is 0 Å². The van der Waals surface area contributed by atoms with E-state index < -0.39 is 5.92 Å². The van der Waals surface area contributed by atoms with Gasteiger partial charge in [-0.1, -0.05) is 20.3 Å². The van der Waals surface area contributed by atoms with Crippen molar-refractivity contribution in [1.29, 1.82) is 5.26 Å². The van der Waals surface area contributed by atoms with Crippen LogP contribution in [0.1, 0.15) is 40.0 Å². The van der Waals surface area contributed by atoms with Crippen molar-refractivity contribution < 1.29 is 4.79 Å². The first-order valence-corrected chi connectivity index (χ1v) is 6.97. The Hall–Kier alpha value is -1.08. The number of piperidine rings is 1. The van der Waals surface area contributed by atoms with E-state index in [-0.39, 0.29) is 17.9 Å². The van der Waals surface area contributed by atoms with Gasteiger partial charge in [0.25, 0.3) is 0 Å². The molecule has 0 aromatic heterocycles. The Labute approximate surface area is 110 Å². The number of nitrogens with one attached hydrogen (secondary N) is 1. The number of rotatable bonds is 5. The molecule has 0 saturated carbocycles. The minimum atomic E-state index is -0.534. The van der Waals surface area contributed by atoms with Gasteiger partial charge in [-0.15, -0.1) is 0 Å². The van der Waals surface area contributed by atoms with Crippen molar-refractivity contribution in [3.8, 4) is 6.07 Å². The molecule has 1 aliphatic heterocycles. The van der Waals surface area contributed by atoms with Crippen molar-refractivity contribution in [3.05, 3.63) is 0 Å². The lowest BCUT2D eigenvalue weighted by molar-refractivity contribution is -0.125. The van der Waals surface area contributed by atoms with Gasteiger partial charge in [0.05, 0.1) is 6.07 Å². The molecule has 1 rings (SSSR count). The van der Waals surface area contributed by atoms with Crippen molar-refractivity contribution >= 4 is 5.91 Å². The Morgan fingerprint density at radius 3 is 2.39 bits per heavy atom. The molecule has 1 amide bonds. The molecule has 1 heterocycles. The van der Waals surface area contributed by atoms with E-state index in [0.717, 1.165) is 19.6 Å². The molecule has 1 fully saturated rings. The van der Waals surface area contributed by atoms with E-state index >= 15 is 0 Å². The molecule has 18 heavy (non-hydrogen) atoms. The third-order valence-electron chi connectivity index (χ3n) is 3.46. The lowest BCUT2D eigenvalue weighted by Gasteiger charge is -2.29. The minimum absolute atomic E-state index is 0.0668. The molecular weight excluding hydrogens is 226 g/mol. The topological polar surface area (TPSA) is 56.1 Å². The molecule has 2 atom stereocenters. The van der Waals surface area contributed by atoms with Crippen molar-refractivity contribution in [3.63, 3.8) is 0 Å². The highest BCUT2D eigenvalue weighted by molar-refractivity contribution is 5.81. The molecule has 0 aromatic rings. The third kappa shape index (κ3) is 4.66. The van der Waals surface area contributed by atoms with Crippen LogP contribution in [0.15, 0.2) is 0 Å². The van der Waals surface area contributed by atoms with Crippen molar-refractivity contribution in [2.45, 2.75) is 46.1 Å². The predicted octanol–water partition coefficient (Wildman–Crippen LogP) is 1.77. The first-order valence-electron chi connectivity index (χ1n) is 6.97. The quantitative estimate of drug-likeness (QED) is 0.810. The van der Waals surface area contributed by atoms with Gasteiger partial charge < -0.3 is 10.2 Å². The fourth-order valence-electron chi connectivity index (χ4n) is 2.42. The molecule has 4 heteroatoms. The summed E-state index contributed by atoms with van der Waals surface area (Å²) in [5.41, 5.74) is 0. The summed E-state index contributed by atoms with van der Waals surface area (Å²) >= 11 is 0. The fourth-order valence-corrected chi connectivity index (χ4v) is 2.42. The van der Waals surface area contributed by atoms with Crippen LogP contribution in [-0.4, -0.2) is 36.5 Å². The van der Waals surface area contributed by atoms with E-state index in [9.17, 15) is 4.79 Å². The van der Waals surface area contributed by atoms with Crippen LogP contribution < -0.4 is 5.32 Å². The third-order valence-corrected chi connectivity index (χ3v) is 3.46. The molecule has 4 nitrogen and oxygen atoms in total. The maximum Gasteiger partial charge on any atom is 0.237 e. The van der Waals surface area contributed by atoms with E-state index in [0.29, 0.717) is 0 Å². The fraction of sp³-hybridized carbons (Fsp3) is 0.857. The van der Waals surface area contributed by atoms with Crippen molar-refractivity contribution in [2.24, 2.45) is 11.8 Å². The van der Waals surface area contributed by atoms with E-state index in [4.69, 9.17) is 5.26 Å². The van der Waals surface area contributed by atoms with Gasteiger partial charge in [0.1, 0.15) is 5.92 Å². The molecule has 0 aromatic carbocycles. The standard InChI is InChI=1S/C14H25N3O/c1-11(2)13(9-15)14(18)16-12(3)10-17-7-5-4-6-8-17/h11-13H,4-8,10H2,1-3H3,(H,16,18). The smallest absolute Gasteiger partial charge is 0.237 e. The highest BCUT2D eigenvalue weighted by Crippen LogP contribution is 2.11. The van der Waals surface area contributed by atoms with Gasteiger partial charge in [-0.2, -0.15) is 5.26 Å². The van der Waals surface area contributed by atoms with Gasteiger partial charge in [-0.25, -0.2) is 0 Å². The number of carbonyl (C=O) groups is 1. The molecular formula is C14H25N3O. The Balaban J connectivity index is 2.36. The number of nitrogens with zero attached hydrogens (tertiary/aromatic N) is 2. The SMILES string of the molecule is CC(CN1CCCCC1)NC(=O)C(C#N)C(C)C. The summed E-state index contributed by atoms with van der Waals surface area (Å²) in [6.07, 6.45) is 3.84. The van der Waals surface area contributed by atoms with Crippen LogP contribution >= 0.6 is 0 Å². The zero-order valence-corrected chi connectivity index (χ0v) is 11.8. The number of nitriles is 1. The second-order valence-electron chi connectivity index (χ2n) is 5.62. The highest BCUT2D eigenvalue weighted by Gasteiger charge is 2.23. The zero-order valence-electron chi connectivity index (χ0n) is 11.8. The van der Waals surface area contributed by atoms with E-state index in [1.54, 1.807) is 0 Å². The van der Waals surface area contributed by atoms with Gasteiger partial charge >= 0.3 is 0 Å². The molecule has 1 aliphatic rings. The van der Waals surface area contributed by atoms with Crippen LogP contribution in [0.2, 0.25) is 0 Å². The van der Waals surface area contributed by atoms with Crippen molar-refractivity contribution in [2.75, 3.05) is 19.6 Å². The molecule has 1 N–H and O–H groups in total. The van der Waals surface area contributed by atoms with Crippen LogP contribution in [0.3, 0.4) is 0 Å². The van der Waals surface area contributed by atoms with Gasteiger partial charge in [0.2, 0.25) is 5.91 Å². The first-order chi connectivity index (χ1) is 8.54. The second kappa shape index (κ2) is 7.38. The Kier molecular flexibility index (Phi) is 6.14. The van der Waals surface area contributed by atoms with Gasteiger partial charge in [-0.3, -0.25) is 4.79 Å². The van der Waals surface area contributed by atoms with Crippen LogP contribution in [0.4, 0.5) is 0 Å². The van der Waals surface area contributed by atoms with E-state index in [1.165, 1.54) is 19.3 Å². The summed E-state index contributed by atoms with van der Waals surface area (Å²) < 4.78 is 0. The maximum atomic E-state index is 11.9. The number of hydrogen-bond acceptors (Lipinski definition) is 3. The lowest BCUT2D eigenvalue weighted by atomic mass is 9.96. The van der Waals surface area contributed by atoms with Gasteiger partial charge in [0, 0.05) is 12.6 Å². The molecule has 0 radical (unpaired) electrons. The molecule has 1 saturated heterocycles. The summed E-state index contributed by atoms with van der Waals surface area (Å²) in [4.78, 5) is 14.3. The van der Waals surface area contributed by atoms with E-state index in [1.807, 2.05) is 20.8 Å². The molecule has 2 unspecified atom stereocenters. The number of hydrogen-bond donors (Lipinski definition) is 1. The summed E-state index contributed by atoms with van der Waals surface area (Å²) in [5.74, 6) is -0.594. The number of amides is 1. The zero-order chi connectivity index (χ0) is 13.5. The summed E-state index contributed by atoms with van der Waals surface area (Å²) in [5, 5.41) is 11.9. The van der Waals surface area contributed by atoms with Crippen molar-refractivity contribution in [1.82, 2.24) is 10.2 Å². The highest BCUT2D eigenvalue weighted by atomic mass is 16.1. The molecule has 102 valence electrons. The largest absolute Gasteiger partial charge is 0.351 e. The van der Waals surface area contributed by atoms with Crippen LogP contribution in [0.25, 0.3) is 0 Å². The van der Waals surface area contributed by atoms with Gasteiger partial charge in [0.15, 0.2) is 0 Å². The Morgan fingerprint density at radius 1 is 1.28 bits per heavy atom. The second-order valence-corrected chi connectivity index (χ2v) is 5.62. The lowest BCUT2D eigenvalue weighted by Crippen LogP contribution is -2.46. The number of carbonyl (C=O) groups excluding carboxylic acids is 1. The van der Waals surface area contributed by atoms with E-state index in [2.05, 4.69) is 16.3 Å². The maximum absolute atomic E-state index is 11.9. The normalized spacial score (nSPS) is 20.2. The monoisotopic (exact) mass is 251 g/mol. The summed E-state index contributed by atoms with van der Waals surface area (Å²) in [7, 11) is 0. The summed E-state index contributed by atoms with van der Waals surface area (Å²) in [6.45, 7) is 8.98. The first kappa shape index (κ1) is 15.0. The molecule has 0 spiro atoms. The summed E-state index contributed by atoms with van der Waals surface area (Å²) in [6, 6.07) is 2.20. The number of likely N-dealkylation sites (tertiary alicyclic amines) is 1. The molecule has 0 aliphatic carbocycles. The van der Waals surface area contributed by atoms with Crippen LogP contribution in [-0.2, 0) is 4.79 Å². The predicted molar refractivity (Wildman–Crippen MR) is 71.8 cm³/mol. The molecule has 0 bridgehead atoms. The Morgan fingerprint density at radius 2 is 1.89 bits per heavy atom. The Bertz CT molecular complexity index is 303.